The average molecular weight is 132 g/mol. The maximum absolute atomic E-state index is 5.39. The summed E-state index contributed by atoms with van der Waals surface area (Å²) in [6.45, 7) is 2.66. The standard InChI is InChI=1S/C5H16N4/c1-4(6)9-3-2-5(7)8/h4-5,9H,2-3,6-8H2,1H3. The van der Waals surface area contributed by atoms with Gasteiger partial charge in [0, 0.05) is 0 Å². The number of hydrogen-bond acceptors (Lipinski definition) is 4. The van der Waals surface area contributed by atoms with E-state index in [2.05, 4.69) is 5.32 Å². The first kappa shape index (κ1) is 8.84. The summed E-state index contributed by atoms with van der Waals surface area (Å²) < 4.78 is 0. The van der Waals surface area contributed by atoms with Crippen LogP contribution in [-0.4, -0.2) is 18.9 Å². The fourth-order valence-corrected chi connectivity index (χ4v) is 0.478. The van der Waals surface area contributed by atoms with Crippen molar-refractivity contribution in [2.75, 3.05) is 6.54 Å². The maximum atomic E-state index is 5.39. The lowest BCUT2D eigenvalue weighted by molar-refractivity contribution is 0.518. The van der Waals surface area contributed by atoms with E-state index in [-0.39, 0.29) is 12.3 Å². The van der Waals surface area contributed by atoms with E-state index in [1.807, 2.05) is 6.92 Å². The average Bonchev–Trinajstić information content (AvgIpc) is 1.63. The van der Waals surface area contributed by atoms with E-state index >= 15 is 0 Å². The van der Waals surface area contributed by atoms with Crippen LogP contribution in [-0.2, 0) is 0 Å². The summed E-state index contributed by atoms with van der Waals surface area (Å²) in [5, 5.41) is 2.99. The Hall–Kier alpha value is -0.160. The summed E-state index contributed by atoms with van der Waals surface area (Å²) in [6, 6.07) is 0. The van der Waals surface area contributed by atoms with Crippen LogP contribution in [0.2, 0.25) is 0 Å². The van der Waals surface area contributed by atoms with Gasteiger partial charge in [-0.2, -0.15) is 0 Å². The fraction of sp³-hybridized carbons (Fsp3) is 1.00. The predicted octanol–water partition coefficient (Wildman–Crippen LogP) is -1.49. The van der Waals surface area contributed by atoms with Crippen molar-refractivity contribution in [2.24, 2.45) is 17.2 Å². The molecule has 0 aromatic heterocycles. The molecular formula is C5H16N4. The van der Waals surface area contributed by atoms with Crippen LogP contribution >= 0.6 is 0 Å². The highest BCUT2D eigenvalue weighted by Crippen LogP contribution is 1.76. The molecule has 0 amide bonds. The molecule has 0 aliphatic rings. The molecule has 0 spiro atoms. The topological polar surface area (TPSA) is 90.1 Å². The molecule has 0 saturated heterocycles. The number of nitrogens with one attached hydrogen (secondary N) is 1. The molecule has 56 valence electrons. The van der Waals surface area contributed by atoms with Gasteiger partial charge < -0.3 is 22.5 Å². The molecule has 0 aromatic rings. The van der Waals surface area contributed by atoms with Gasteiger partial charge in [-0.25, -0.2) is 0 Å². The van der Waals surface area contributed by atoms with Gasteiger partial charge in [-0.05, 0) is 19.9 Å². The third kappa shape index (κ3) is 7.84. The van der Waals surface area contributed by atoms with Gasteiger partial charge in [0.15, 0.2) is 0 Å². The second kappa shape index (κ2) is 4.69. The Labute approximate surface area is 55.8 Å². The largest absolute Gasteiger partial charge is 0.316 e. The molecule has 4 nitrogen and oxygen atoms in total. The Balaban J connectivity index is 2.91. The number of nitrogens with two attached hydrogens (primary N) is 3. The molecule has 0 aliphatic carbocycles. The molecule has 0 rings (SSSR count). The lowest BCUT2D eigenvalue weighted by atomic mass is 10.3. The molecule has 7 N–H and O–H groups in total. The normalized spacial score (nSPS) is 14.3. The zero-order valence-electron chi connectivity index (χ0n) is 5.80. The number of hydrogen-bond donors (Lipinski definition) is 4. The highest BCUT2D eigenvalue weighted by atomic mass is 15.0. The van der Waals surface area contributed by atoms with Gasteiger partial charge in [0.05, 0.1) is 12.3 Å². The summed E-state index contributed by atoms with van der Waals surface area (Å²) in [4.78, 5) is 0. The van der Waals surface area contributed by atoms with Crippen LogP contribution in [0.3, 0.4) is 0 Å². The smallest absolute Gasteiger partial charge is 0.0533 e. The summed E-state index contributed by atoms with van der Waals surface area (Å²) in [5.74, 6) is 0. The fourth-order valence-electron chi connectivity index (χ4n) is 0.478. The first-order valence-electron chi connectivity index (χ1n) is 3.13. The van der Waals surface area contributed by atoms with E-state index in [1.165, 1.54) is 0 Å². The third-order valence-electron chi connectivity index (χ3n) is 0.944. The summed E-state index contributed by atoms with van der Waals surface area (Å²) in [7, 11) is 0. The third-order valence-corrected chi connectivity index (χ3v) is 0.944. The molecule has 0 aliphatic heterocycles. The highest BCUT2D eigenvalue weighted by Gasteiger charge is 1.94. The molecule has 0 saturated carbocycles. The van der Waals surface area contributed by atoms with Gasteiger partial charge in [-0.15, -0.1) is 0 Å². The Kier molecular flexibility index (Phi) is 4.61. The minimum Gasteiger partial charge on any atom is -0.316 e. The Morgan fingerprint density at radius 2 is 1.89 bits per heavy atom. The molecule has 1 unspecified atom stereocenters. The molecule has 0 fully saturated rings. The van der Waals surface area contributed by atoms with E-state index in [0.717, 1.165) is 13.0 Å². The van der Waals surface area contributed by atoms with Crippen molar-refractivity contribution in [1.82, 2.24) is 5.32 Å². The van der Waals surface area contributed by atoms with E-state index < -0.39 is 0 Å². The Morgan fingerprint density at radius 1 is 1.33 bits per heavy atom. The number of rotatable bonds is 4. The molecule has 1 atom stereocenters. The first-order valence-corrected chi connectivity index (χ1v) is 3.13. The minimum atomic E-state index is -0.226. The van der Waals surface area contributed by atoms with Crippen LogP contribution < -0.4 is 22.5 Å². The Bertz CT molecular complexity index is 54.0. The van der Waals surface area contributed by atoms with Crippen molar-refractivity contribution in [2.45, 2.75) is 25.7 Å². The maximum Gasteiger partial charge on any atom is 0.0533 e. The molecule has 4 heteroatoms. The highest BCUT2D eigenvalue weighted by molar-refractivity contribution is 4.56. The van der Waals surface area contributed by atoms with Gasteiger partial charge >= 0.3 is 0 Å². The molecular weight excluding hydrogens is 116 g/mol. The summed E-state index contributed by atoms with van der Waals surface area (Å²) in [5.41, 5.74) is 15.9. The SMILES string of the molecule is CC(N)NCCC(N)N. The van der Waals surface area contributed by atoms with Crippen LogP contribution in [0.1, 0.15) is 13.3 Å². The van der Waals surface area contributed by atoms with Crippen molar-refractivity contribution in [3.05, 3.63) is 0 Å². The van der Waals surface area contributed by atoms with Gasteiger partial charge in [-0.3, -0.25) is 0 Å². The van der Waals surface area contributed by atoms with Crippen molar-refractivity contribution >= 4 is 0 Å². The molecule has 0 bridgehead atoms. The van der Waals surface area contributed by atoms with Crippen LogP contribution in [0.15, 0.2) is 0 Å². The van der Waals surface area contributed by atoms with E-state index in [4.69, 9.17) is 17.2 Å². The van der Waals surface area contributed by atoms with Gasteiger partial charge in [0.1, 0.15) is 0 Å². The second-order valence-electron chi connectivity index (χ2n) is 2.20. The van der Waals surface area contributed by atoms with Crippen LogP contribution in [0.25, 0.3) is 0 Å². The van der Waals surface area contributed by atoms with E-state index in [0.29, 0.717) is 0 Å². The van der Waals surface area contributed by atoms with Gasteiger partial charge in [0.25, 0.3) is 0 Å². The Morgan fingerprint density at radius 3 is 2.22 bits per heavy atom. The zero-order valence-corrected chi connectivity index (χ0v) is 5.80. The predicted molar refractivity (Wildman–Crippen MR) is 38.4 cm³/mol. The monoisotopic (exact) mass is 132 g/mol. The zero-order chi connectivity index (χ0) is 7.28. The molecule has 0 heterocycles. The van der Waals surface area contributed by atoms with E-state index in [1.54, 1.807) is 0 Å². The summed E-state index contributed by atoms with van der Waals surface area (Å²) >= 11 is 0. The van der Waals surface area contributed by atoms with Crippen LogP contribution in [0.4, 0.5) is 0 Å². The molecule has 9 heavy (non-hydrogen) atoms. The van der Waals surface area contributed by atoms with Gasteiger partial charge in [0.2, 0.25) is 0 Å². The molecule has 0 aromatic carbocycles. The summed E-state index contributed by atoms with van der Waals surface area (Å²) in [6.07, 6.45) is 0.571. The van der Waals surface area contributed by atoms with Crippen LogP contribution in [0, 0.1) is 0 Å². The second-order valence-corrected chi connectivity index (χ2v) is 2.20. The van der Waals surface area contributed by atoms with Gasteiger partial charge in [-0.1, -0.05) is 0 Å². The van der Waals surface area contributed by atoms with Crippen molar-refractivity contribution in [1.29, 1.82) is 0 Å². The van der Waals surface area contributed by atoms with Crippen molar-refractivity contribution in [3.8, 4) is 0 Å². The minimum absolute atomic E-state index is 0.0312. The lowest BCUT2D eigenvalue weighted by Crippen LogP contribution is -2.39. The van der Waals surface area contributed by atoms with E-state index in [9.17, 15) is 0 Å². The van der Waals surface area contributed by atoms with Crippen LogP contribution in [0.5, 0.6) is 0 Å². The van der Waals surface area contributed by atoms with Crippen molar-refractivity contribution < 1.29 is 0 Å². The lowest BCUT2D eigenvalue weighted by Gasteiger charge is -2.08. The quantitative estimate of drug-likeness (QED) is 0.351. The van der Waals surface area contributed by atoms with Crippen molar-refractivity contribution in [3.63, 3.8) is 0 Å². The first-order chi connectivity index (χ1) is 4.13. The molecule has 0 radical (unpaired) electrons.